The molecule has 0 heterocycles. The second-order valence-corrected chi connectivity index (χ2v) is 3.29. The molecule has 3 nitrogen and oxygen atoms in total. The van der Waals surface area contributed by atoms with Crippen molar-refractivity contribution < 1.29 is 9.59 Å². The van der Waals surface area contributed by atoms with E-state index in [9.17, 15) is 9.59 Å². The van der Waals surface area contributed by atoms with Gasteiger partial charge in [0.15, 0.2) is 0 Å². The van der Waals surface area contributed by atoms with Gasteiger partial charge in [-0.2, -0.15) is 0 Å². The highest BCUT2D eigenvalue weighted by Crippen LogP contribution is 2.19. The fraction of sp³-hybridized carbons (Fsp3) is 0.200. The van der Waals surface area contributed by atoms with Crippen molar-refractivity contribution in [3.8, 4) is 0 Å². The number of carbonyl (C=O) groups is 2. The zero-order valence-corrected chi connectivity index (χ0v) is 8.71. The molecule has 0 radical (unpaired) electrons. The lowest BCUT2D eigenvalue weighted by Gasteiger charge is -2.16. The first-order valence-corrected chi connectivity index (χ1v) is 4.47. The summed E-state index contributed by atoms with van der Waals surface area (Å²) in [4.78, 5) is 23.4. The number of hydrogen-bond donors (Lipinski definition) is 0. The molecule has 0 aliphatic rings. The minimum atomic E-state index is -0.320. The summed E-state index contributed by atoms with van der Waals surface area (Å²) < 4.78 is 0. The second-order valence-electron chi connectivity index (χ2n) is 2.85. The molecule has 1 aromatic carbocycles. The quantitative estimate of drug-likeness (QED) is 0.715. The molecule has 0 unspecified atom stereocenters. The predicted molar refractivity (Wildman–Crippen MR) is 55.3 cm³/mol. The molecule has 0 atom stereocenters. The number of hydrogen-bond acceptors (Lipinski definition) is 2. The molecule has 2 amide bonds. The Morgan fingerprint density at radius 1 is 1.21 bits per heavy atom. The molecule has 0 spiro atoms. The number of nitrogens with zero attached hydrogens (tertiary/aromatic N) is 1. The lowest BCUT2D eigenvalue weighted by atomic mass is 10.3. The molecule has 74 valence electrons. The molecule has 0 bridgehead atoms. The fourth-order valence-electron chi connectivity index (χ4n) is 1.20. The van der Waals surface area contributed by atoms with Gasteiger partial charge in [0.05, 0.1) is 5.69 Å². The van der Waals surface area contributed by atoms with Crippen LogP contribution in [0.5, 0.6) is 0 Å². The van der Waals surface area contributed by atoms with E-state index >= 15 is 0 Å². The first-order valence-electron chi connectivity index (χ1n) is 4.09. The van der Waals surface area contributed by atoms with Gasteiger partial charge >= 0.3 is 0 Å². The molecular weight excluding hydrogens is 202 g/mol. The van der Waals surface area contributed by atoms with Crippen molar-refractivity contribution in [2.24, 2.45) is 0 Å². The second kappa shape index (κ2) is 4.24. The van der Waals surface area contributed by atoms with Crippen molar-refractivity contribution in [3.63, 3.8) is 0 Å². The predicted octanol–water partition coefficient (Wildman–Crippen LogP) is 2.24. The van der Waals surface area contributed by atoms with Crippen molar-refractivity contribution in [1.29, 1.82) is 0 Å². The molecule has 4 heteroatoms. The fourth-order valence-corrected chi connectivity index (χ4v) is 1.39. The first kappa shape index (κ1) is 10.7. The number of amides is 2. The summed E-state index contributed by atoms with van der Waals surface area (Å²) in [6.45, 7) is 2.67. The standard InChI is InChI=1S/C10H10ClNO2/c1-7(13)12(8(2)14)10-5-3-4-9(11)6-10/h3-6H,1-2H3. The van der Waals surface area contributed by atoms with E-state index in [2.05, 4.69) is 0 Å². The van der Waals surface area contributed by atoms with Gasteiger partial charge in [0, 0.05) is 18.9 Å². The van der Waals surface area contributed by atoms with Gasteiger partial charge in [-0.15, -0.1) is 0 Å². The summed E-state index contributed by atoms with van der Waals surface area (Å²) in [6, 6.07) is 6.61. The Kier molecular flexibility index (Phi) is 3.25. The van der Waals surface area contributed by atoms with Crippen LogP contribution in [0.4, 0.5) is 5.69 Å². The van der Waals surface area contributed by atoms with Gasteiger partial charge in [-0.25, -0.2) is 0 Å². The van der Waals surface area contributed by atoms with Crippen LogP contribution in [-0.4, -0.2) is 11.8 Å². The Labute approximate surface area is 87.3 Å². The van der Waals surface area contributed by atoms with E-state index in [0.717, 1.165) is 4.90 Å². The summed E-state index contributed by atoms with van der Waals surface area (Å²) in [5.41, 5.74) is 0.498. The van der Waals surface area contributed by atoms with E-state index in [0.29, 0.717) is 10.7 Å². The molecule has 14 heavy (non-hydrogen) atoms. The van der Waals surface area contributed by atoms with Gasteiger partial charge in [-0.1, -0.05) is 17.7 Å². The lowest BCUT2D eigenvalue weighted by molar-refractivity contribution is -0.124. The highest BCUT2D eigenvalue weighted by atomic mass is 35.5. The van der Waals surface area contributed by atoms with E-state index in [4.69, 9.17) is 11.6 Å². The molecule has 0 saturated heterocycles. The molecule has 0 aromatic heterocycles. The number of imide groups is 1. The average Bonchev–Trinajstić information content (AvgIpc) is 2.02. The number of rotatable bonds is 1. The average molecular weight is 212 g/mol. The van der Waals surface area contributed by atoms with E-state index in [1.165, 1.54) is 13.8 Å². The zero-order valence-electron chi connectivity index (χ0n) is 7.95. The highest BCUT2D eigenvalue weighted by Gasteiger charge is 2.15. The zero-order chi connectivity index (χ0) is 10.7. The first-order chi connectivity index (χ1) is 6.52. The molecular formula is C10H10ClNO2. The summed E-state index contributed by atoms with van der Waals surface area (Å²) in [5.74, 6) is -0.639. The van der Waals surface area contributed by atoms with Gasteiger partial charge in [-0.3, -0.25) is 14.5 Å². The summed E-state index contributed by atoms with van der Waals surface area (Å²) >= 11 is 5.75. The van der Waals surface area contributed by atoms with Crippen molar-refractivity contribution in [3.05, 3.63) is 29.3 Å². The lowest BCUT2D eigenvalue weighted by Crippen LogP contribution is -2.32. The number of anilines is 1. The maximum Gasteiger partial charge on any atom is 0.230 e. The Bertz CT molecular complexity index is 362. The van der Waals surface area contributed by atoms with Crippen LogP contribution in [-0.2, 0) is 9.59 Å². The van der Waals surface area contributed by atoms with Gasteiger partial charge in [0.25, 0.3) is 0 Å². The SMILES string of the molecule is CC(=O)N(C(C)=O)c1cccc(Cl)c1. The van der Waals surface area contributed by atoms with Crippen molar-refractivity contribution in [2.45, 2.75) is 13.8 Å². The third kappa shape index (κ3) is 2.33. The van der Waals surface area contributed by atoms with Crippen molar-refractivity contribution in [2.75, 3.05) is 4.90 Å². The summed E-state index contributed by atoms with van der Waals surface area (Å²) in [6.07, 6.45) is 0. The van der Waals surface area contributed by atoms with Crippen LogP contribution in [0.25, 0.3) is 0 Å². The third-order valence-corrected chi connectivity index (χ3v) is 1.93. The Balaban J connectivity index is 3.12. The van der Waals surface area contributed by atoms with Gasteiger partial charge in [0.2, 0.25) is 11.8 Å². The molecule has 0 saturated carbocycles. The van der Waals surface area contributed by atoms with Gasteiger partial charge in [-0.05, 0) is 18.2 Å². The number of benzene rings is 1. The topological polar surface area (TPSA) is 37.4 Å². The molecule has 0 N–H and O–H groups in total. The third-order valence-electron chi connectivity index (χ3n) is 1.70. The van der Waals surface area contributed by atoms with Crippen LogP contribution in [0.1, 0.15) is 13.8 Å². The van der Waals surface area contributed by atoms with Crippen LogP contribution >= 0.6 is 11.6 Å². The minimum Gasteiger partial charge on any atom is -0.274 e. The van der Waals surface area contributed by atoms with Gasteiger partial charge < -0.3 is 0 Å². The van der Waals surface area contributed by atoms with Gasteiger partial charge in [0.1, 0.15) is 0 Å². The van der Waals surface area contributed by atoms with E-state index < -0.39 is 0 Å². The largest absolute Gasteiger partial charge is 0.274 e. The van der Waals surface area contributed by atoms with Crippen LogP contribution in [0.3, 0.4) is 0 Å². The van der Waals surface area contributed by atoms with Crippen LogP contribution in [0.2, 0.25) is 5.02 Å². The van der Waals surface area contributed by atoms with Crippen LogP contribution in [0, 0.1) is 0 Å². The molecule has 0 aliphatic carbocycles. The summed E-state index contributed by atoms with van der Waals surface area (Å²) in [7, 11) is 0. The molecule has 1 rings (SSSR count). The monoisotopic (exact) mass is 211 g/mol. The molecule has 1 aromatic rings. The van der Waals surface area contributed by atoms with E-state index in [1.807, 2.05) is 0 Å². The van der Waals surface area contributed by atoms with E-state index in [-0.39, 0.29) is 11.8 Å². The molecule has 0 aliphatic heterocycles. The van der Waals surface area contributed by atoms with E-state index in [1.54, 1.807) is 24.3 Å². The maximum atomic E-state index is 11.2. The molecule has 0 fully saturated rings. The highest BCUT2D eigenvalue weighted by molar-refractivity contribution is 6.31. The van der Waals surface area contributed by atoms with Crippen LogP contribution in [0.15, 0.2) is 24.3 Å². The Morgan fingerprint density at radius 3 is 2.21 bits per heavy atom. The summed E-state index contributed by atoms with van der Waals surface area (Å²) in [5, 5.41) is 0.495. The Hall–Kier alpha value is -1.35. The minimum absolute atomic E-state index is 0.320. The maximum absolute atomic E-state index is 11.2. The van der Waals surface area contributed by atoms with Crippen molar-refractivity contribution >= 4 is 29.1 Å². The normalized spacial score (nSPS) is 9.64. The number of carbonyl (C=O) groups excluding carboxylic acids is 2. The van der Waals surface area contributed by atoms with Crippen LogP contribution < -0.4 is 4.90 Å². The number of halogens is 1. The van der Waals surface area contributed by atoms with Crippen molar-refractivity contribution in [1.82, 2.24) is 0 Å². The smallest absolute Gasteiger partial charge is 0.230 e. The Morgan fingerprint density at radius 2 is 1.79 bits per heavy atom.